The van der Waals surface area contributed by atoms with Crippen LogP contribution in [0.25, 0.3) is 0 Å². The molecule has 1 saturated heterocycles. The van der Waals surface area contributed by atoms with Crippen molar-refractivity contribution in [1.29, 1.82) is 0 Å². The summed E-state index contributed by atoms with van der Waals surface area (Å²) >= 11 is 0. The lowest BCUT2D eigenvalue weighted by Gasteiger charge is -2.41. The third-order valence-electron chi connectivity index (χ3n) is 4.33. The van der Waals surface area contributed by atoms with Gasteiger partial charge in [-0.3, -0.25) is 9.69 Å². The highest BCUT2D eigenvalue weighted by Crippen LogP contribution is 2.20. The van der Waals surface area contributed by atoms with Crippen molar-refractivity contribution in [3.05, 3.63) is 0 Å². The van der Waals surface area contributed by atoms with Crippen molar-refractivity contribution in [2.75, 3.05) is 19.6 Å². The lowest BCUT2D eigenvalue weighted by atomic mass is 9.97. The molecule has 0 unspecified atom stereocenters. The smallest absolute Gasteiger partial charge is 0.223 e. The van der Waals surface area contributed by atoms with E-state index >= 15 is 0 Å². The normalized spacial score (nSPS) is 19.9. The number of piperidine rings is 1. The van der Waals surface area contributed by atoms with Crippen LogP contribution in [0.3, 0.4) is 0 Å². The number of carbonyl (C=O) groups is 1. The van der Waals surface area contributed by atoms with Crippen LogP contribution in [-0.4, -0.2) is 42.0 Å². The van der Waals surface area contributed by atoms with E-state index in [0.29, 0.717) is 6.04 Å². The summed E-state index contributed by atoms with van der Waals surface area (Å²) in [4.78, 5) is 14.6. The number of nitrogens with zero attached hydrogens (tertiary/aromatic N) is 1. The molecular formula is C16H33N3O. The maximum absolute atomic E-state index is 12.1. The van der Waals surface area contributed by atoms with Gasteiger partial charge in [0.15, 0.2) is 0 Å². The predicted octanol–water partition coefficient (Wildman–Crippen LogP) is 2.13. The quantitative estimate of drug-likeness (QED) is 0.734. The van der Waals surface area contributed by atoms with Crippen LogP contribution < -0.4 is 11.1 Å². The van der Waals surface area contributed by atoms with Gasteiger partial charge in [0.2, 0.25) is 5.91 Å². The van der Waals surface area contributed by atoms with Gasteiger partial charge in [-0.2, -0.15) is 0 Å². The third-order valence-corrected chi connectivity index (χ3v) is 4.33. The number of carbonyl (C=O) groups excluding carboxylic acids is 1. The molecule has 1 amide bonds. The van der Waals surface area contributed by atoms with Crippen molar-refractivity contribution in [3.8, 4) is 0 Å². The third kappa shape index (κ3) is 5.80. The number of amides is 1. The van der Waals surface area contributed by atoms with Crippen LogP contribution in [0.15, 0.2) is 0 Å². The second-order valence-electron chi connectivity index (χ2n) is 7.13. The minimum atomic E-state index is 0.113. The zero-order valence-corrected chi connectivity index (χ0v) is 13.7. The topological polar surface area (TPSA) is 58.4 Å². The summed E-state index contributed by atoms with van der Waals surface area (Å²) < 4.78 is 0. The van der Waals surface area contributed by atoms with E-state index in [0.717, 1.165) is 51.7 Å². The lowest BCUT2D eigenvalue weighted by molar-refractivity contribution is -0.125. The van der Waals surface area contributed by atoms with E-state index in [1.165, 1.54) is 0 Å². The van der Waals surface area contributed by atoms with Gasteiger partial charge in [-0.05, 0) is 53.0 Å². The van der Waals surface area contributed by atoms with Gasteiger partial charge in [-0.25, -0.2) is 0 Å². The van der Waals surface area contributed by atoms with Crippen LogP contribution in [0.4, 0.5) is 0 Å². The van der Waals surface area contributed by atoms with Crippen LogP contribution in [0.5, 0.6) is 0 Å². The molecule has 4 nitrogen and oxygen atoms in total. The Morgan fingerprint density at radius 1 is 1.30 bits per heavy atom. The highest BCUT2D eigenvalue weighted by Gasteiger charge is 2.28. The summed E-state index contributed by atoms with van der Waals surface area (Å²) in [5.74, 6) is 0.332. The molecule has 1 aliphatic heterocycles. The zero-order chi connectivity index (χ0) is 15.2. The van der Waals surface area contributed by atoms with Crippen molar-refractivity contribution < 1.29 is 4.79 Å². The first-order chi connectivity index (χ1) is 9.34. The summed E-state index contributed by atoms with van der Waals surface area (Å²) in [6.07, 6.45) is 5.15. The van der Waals surface area contributed by atoms with Crippen LogP contribution in [0.1, 0.15) is 59.8 Å². The molecule has 118 valence electrons. The molecule has 0 saturated carbocycles. The fourth-order valence-electron chi connectivity index (χ4n) is 2.76. The number of unbranched alkanes of at least 4 members (excludes halogenated alkanes) is 1. The molecule has 0 aromatic heterocycles. The van der Waals surface area contributed by atoms with Gasteiger partial charge in [0, 0.05) is 30.6 Å². The van der Waals surface area contributed by atoms with Gasteiger partial charge in [-0.15, -0.1) is 0 Å². The van der Waals surface area contributed by atoms with Crippen molar-refractivity contribution in [1.82, 2.24) is 10.2 Å². The molecule has 0 aliphatic carbocycles. The van der Waals surface area contributed by atoms with E-state index < -0.39 is 0 Å². The van der Waals surface area contributed by atoms with E-state index in [-0.39, 0.29) is 17.4 Å². The molecule has 3 N–H and O–H groups in total. The molecule has 0 bridgehead atoms. The van der Waals surface area contributed by atoms with Crippen LogP contribution in [0, 0.1) is 5.92 Å². The molecule has 0 aromatic carbocycles. The molecule has 1 atom stereocenters. The highest BCUT2D eigenvalue weighted by molar-refractivity contribution is 5.78. The number of rotatable bonds is 6. The van der Waals surface area contributed by atoms with Gasteiger partial charge >= 0.3 is 0 Å². The molecule has 1 heterocycles. The Morgan fingerprint density at radius 2 is 1.90 bits per heavy atom. The van der Waals surface area contributed by atoms with E-state index in [1.807, 2.05) is 6.92 Å². The number of nitrogens with one attached hydrogen (secondary N) is 1. The first kappa shape index (κ1) is 17.4. The molecule has 4 heteroatoms. The Kier molecular flexibility index (Phi) is 6.96. The fourth-order valence-corrected chi connectivity index (χ4v) is 2.76. The minimum Gasteiger partial charge on any atom is -0.353 e. The van der Waals surface area contributed by atoms with Crippen LogP contribution >= 0.6 is 0 Å². The Hall–Kier alpha value is -0.610. The maximum Gasteiger partial charge on any atom is 0.223 e. The Balaban J connectivity index is 2.27. The molecule has 0 radical (unpaired) electrons. The monoisotopic (exact) mass is 283 g/mol. The van der Waals surface area contributed by atoms with Crippen molar-refractivity contribution in [2.45, 2.75) is 71.4 Å². The Morgan fingerprint density at radius 3 is 2.40 bits per heavy atom. The molecule has 0 spiro atoms. The van der Waals surface area contributed by atoms with Crippen LogP contribution in [-0.2, 0) is 4.79 Å². The SMILES string of the molecule is C[C@@H](CCCCN)C(=O)NC1CCN(C(C)(C)C)CC1. The average molecular weight is 283 g/mol. The van der Waals surface area contributed by atoms with Crippen molar-refractivity contribution >= 4 is 5.91 Å². The van der Waals surface area contributed by atoms with Gasteiger partial charge in [-0.1, -0.05) is 13.3 Å². The van der Waals surface area contributed by atoms with Crippen molar-refractivity contribution in [3.63, 3.8) is 0 Å². The standard InChI is InChI=1S/C16H33N3O/c1-13(7-5-6-10-17)15(20)18-14-8-11-19(12-9-14)16(2,3)4/h13-14H,5-12,17H2,1-4H3,(H,18,20)/t13-/m0/s1. The second kappa shape index (κ2) is 7.99. The molecule has 0 aromatic rings. The molecule has 1 fully saturated rings. The van der Waals surface area contributed by atoms with Gasteiger partial charge in [0.25, 0.3) is 0 Å². The average Bonchev–Trinajstić information content (AvgIpc) is 2.38. The summed E-state index contributed by atoms with van der Waals surface area (Å²) in [5, 5.41) is 3.22. The number of hydrogen-bond acceptors (Lipinski definition) is 3. The summed E-state index contributed by atoms with van der Waals surface area (Å²) in [6, 6.07) is 0.359. The Labute approximate surface area is 124 Å². The fraction of sp³-hybridized carbons (Fsp3) is 0.938. The number of hydrogen-bond donors (Lipinski definition) is 2. The molecule has 1 aliphatic rings. The second-order valence-corrected chi connectivity index (χ2v) is 7.13. The number of likely N-dealkylation sites (tertiary alicyclic amines) is 1. The molecular weight excluding hydrogens is 250 g/mol. The zero-order valence-electron chi connectivity index (χ0n) is 13.7. The van der Waals surface area contributed by atoms with Crippen molar-refractivity contribution in [2.24, 2.45) is 11.7 Å². The van der Waals surface area contributed by atoms with E-state index in [2.05, 4.69) is 31.0 Å². The minimum absolute atomic E-state index is 0.113. The lowest BCUT2D eigenvalue weighted by Crippen LogP contribution is -2.51. The summed E-state index contributed by atoms with van der Waals surface area (Å²) in [6.45, 7) is 11.7. The van der Waals surface area contributed by atoms with Crippen LogP contribution in [0.2, 0.25) is 0 Å². The highest BCUT2D eigenvalue weighted by atomic mass is 16.1. The summed E-state index contributed by atoms with van der Waals surface area (Å²) in [7, 11) is 0. The van der Waals surface area contributed by atoms with E-state index in [9.17, 15) is 4.79 Å². The maximum atomic E-state index is 12.1. The first-order valence-corrected chi connectivity index (χ1v) is 8.10. The molecule has 1 rings (SSSR count). The predicted molar refractivity (Wildman–Crippen MR) is 84.6 cm³/mol. The Bertz CT molecular complexity index is 291. The summed E-state index contributed by atoms with van der Waals surface area (Å²) in [5.41, 5.74) is 5.72. The van der Waals surface area contributed by atoms with Gasteiger partial charge in [0.1, 0.15) is 0 Å². The van der Waals surface area contributed by atoms with E-state index in [1.54, 1.807) is 0 Å². The number of nitrogens with two attached hydrogens (primary N) is 1. The van der Waals surface area contributed by atoms with Gasteiger partial charge in [0.05, 0.1) is 0 Å². The molecule has 20 heavy (non-hydrogen) atoms. The van der Waals surface area contributed by atoms with E-state index in [4.69, 9.17) is 5.73 Å². The largest absolute Gasteiger partial charge is 0.353 e. The first-order valence-electron chi connectivity index (χ1n) is 8.10. The van der Waals surface area contributed by atoms with Gasteiger partial charge < -0.3 is 11.1 Å².